The fourth-order valence-corrected chi connectivity index (χ4v) is 3.44. The molecule has 0 bridgehead atoms. The highest BCUT2D eigenvalue weighted by Crippen LogP contribution is 2.38. The van der Waals surface area contributed by atoms with Crippen LogP contribution in [0.5, 0.6) is 11.5 Å². The summed E-state index contributed by atoms with van der Waals surface area (Å²) < 4.78 is 11.4. The quantitative estimate of drug-likeness (QED) is 0.822. The molecule has 1 fully saturated rings. The lowest BCUT2D eigenvalue weighted by Gasteiger charge is -2.30. The van der Waals surface area contributed by atoms with E-state index in [4.69, 9.17) is 15.2 Å². The van der Waals surface area contributed by atoms with Crippen LogP contribution in [-0.4, -0.2) is 19.8 Å². The Hall–Kier alpha value is -1.22. The number of nitrogens with two attached hydrogens (primary N) is 1. The Kier molecular flexibility index (Phi) is 6.37. The third kappa shape index (κ3) is 4.13. The van der Waals surface area contributed by atoms with Gasteiger partial charge < -0.3 is 15.2 Å². The largest absolute Gasteiger partial charge is 0.490 e. The summed E-state index contributed by atoms with van der Waals surface area (Å²) in [5, 5.41) is 0. The van der Waals surface area contributed by atoms with E-state index in [0.717, 1.165) is 17.4 Å². The van der Waals surface area contributed by atoms with Crippen molar-refractivity contribution in [3.8, 4) is 11.5 Å². The summed E-state index contributed by atoms with van der Waals surface area (Å²) in [6.07, 6.45) is 6.67. The highest BCUT2D eigenvalue weighted by Gasteiger charge is 2.24. The predicted molar refractivity (Wildman–Crippen MR) is 87.2 cm³/mol. The summed E-state index contributed by atoms with van der Waals surface area (Å²) in [6, 6.07) is 6.34. The molecular weight excluding hydrogens is 262 g/mol. The van der Waals surface area contributed by atoms with Gasteiger partial charge in [-0.25, -0.2) is 0 Å². The lowest BCUT2D eigenvalue weighted by Crippen LogP contribution is -2.23. The van der Waals surface area contributed by atoms with Crippen LogP contribution in [0.2, 0.25) is 0 Å². The number of hydrogen-bond donors (Lipinski definition) is 1. The standard InChI is InChI=1S/C18H29NO2/c1-3-20-17-11-10-15(12-18(17)21-4-2)16(13-19)14-8-6-5-7-9-14/h10-12,14,16H,3-9,13,19H2,1-2H3. The molecule has 0 radical (unpaired) electrons. The molecule has 2 N–H and O–H groups in total. The van der Waals surface area contributed by atoms with Crippen molar-refractivity contribution in [1.29, 1.82) is 0 Å². The summed E-state index contributed by atoms with van der Waals surface area (Å²) in [7, 11) is 0. The number of hydrogen-bond acceptors (Lipinski definition) is 3. The molecule has 0 aliphatic heterocycles. The van der Waals surface area contributed by atoms with Crippen LogP contribution in [-0.2, 0) is 0 Å². The first-order valence-electron chi connectivity index (χ1n) is 8.39. The number of rotatable bonds is 7. The molecule has 1 atom stereocenters. The van der Waals surface area contributed by atoms with Gasteiger partial charge in [0.05, 0.1) is 13.2 Å². The first kappa shape index (κ1) is 16.2. The van der Waals surface area contributed by atoms with Crippen LogP contribution in [0.15, 0.2) is 18.2 Å². The molecule has 0 aromatic heterocycles. The highest BCUT2D eigenvalue weighted by atomic mass is 16.5. The molecule has 3 nitrogen and oxygen atoms in total. The summed E-state index contributed by atoms with van der Waals surface area (Å²) in [5.74, 6) is 2.85. The first-order valence-corrected chi connectivity index (χ1v) is 8.39. The molecule has 1 aliphatic rings. The molecule has 1 aliphatic carbocycles. The van der Waals surface area contributed by atoms with Crippen LogP contribution in [0.1, 0.15) is 57.4 Å². The Balaban J connectivity index is 2.21. The predicted octanol–water partition coefficient (Wildman–Crippen LogP) is 4.11. The van der Waals surface area contributed by atoms with Crippen LogP contribution in [0.3, 0.4) is 0 Å². The van der Waals surface area contributed by atoms with Crippen molar-refractivity contribution in [3.63, 3.8) is 0 Å². The second-order valence-corrected chi connectivity index (χ2v) is 5.81. The zero-order valence-corrected chi connectivity index (χ0v) is 13.4. The fraction of sp³-hybridized carbons (Fsp3) is 0.667. The zero-order chi connectivity index (χ0) is 15.1. The van der Waals surface area contributed by atoms with E-state index in [0.29, 0.717) is 25.7 Å². The highest BCUT2D eigenvalue weighted by molar-refractivity contribution is 5.44. The van der Waals surface area contributed by atoms with Crippen LogP contribution in [0, 0.1) is 5.92 Å². The molecule has 3 heteroatoms. The summed E-state index contributed by atoms with van der Waals surface area (Å²) in [4.78, 5) is 0. The number of ether oxygens (including phenoxy) is 2. The van der Waals surface area contributed by atoms with E-state index in [2.05, 4.69) is 12.1 Å². The van der Waals surface area contributed by atoms with Gasteiger partial charge in [0.2, 0.25) is 0 Å². The van der Waals surface area contributed by atoms with E-state index in [9.17, 15) is 0 Å². The summed E-state index contributed by atoms with van der Waals surface area (Å²) in [5.41, 5.74) is 7.39. The van der Waals surface area contributed by atoms with Crippen LogP contribution < -0.4 is 15.2 Å². The van der Waals surface area contributed by atoms with E-state index in [-0.39, 0.29) is 0 Å². The Morgan fingerprint density at radius 2 is 1.71 bits per heavy atom. The first-order chi connectivity index (χ1) is 10.3. The molecule has 0 heterocycles. The van der Waals surface area contributed by atoms with Crippen LogP contribution in [0.25, 0.3) is 0 Å². The Labute approximate surface area is 128 Å². The molecule has 118 valence electrons. The number of benzene rings is 1. The van der Waals surface area contributed by atoms with Gasteiger partial charge in [-0.15, -0.1) is 0 Å². The van der Waals surface area contributed by atoms with Crippen molar-refractivity contribution >= 4 is 0 Å². The van der Waals surface area contributed by atoms with E-state index in [1.807, 2.05) is 19.9 Å². The minimum absolute atomic E-state index is 0.445. The van der Waals surface area contributed by atoms with Gasteiger partial charge in [0.25, 0.3) is 0 Å². The molecule has 0 spiro atoms. The second-order valence-electron chi connectivity index (χ2n) is 5.81. The van der Waals surface area contributed by atoms with Crippen molar-refractivity contribution in [1.82, 2.24) is 0 Å². The van der Waals surface area contributed by atoms with Gasteiger partial charge in [0, 0.05) is 0 Å². The van der Waals surface area contributed by atoms with Gasteiger partial charge in [-0.1, -0.05) is 25.3 Å². The average Bonchev–Trinajstić information content (AvgIpc) is 2.52. The lowest BCUT2D eigenvalue weighted by molar-refractivity contribution is 0.284. The van der Waals surface area contributed by atoms with Crippen LogP contribution >= 0.6 is 0 Å². The summed E-state index contributed by atoms with van der Waals surface area (Å²) in [6.45, 7) is 6.02. The zero-order valence-electron chi connectivity index (χ0n) is 13.4. The van der Waals surface area contributed by atoms with Gasteiger partial charge in [-0.2, -0.15) is 0 Å². The van der Waals surface area contributed by atoms with E-state index < -0.39 is 0 Å². The maximum Gasteiger partial charge on any atom is 0.161 e. The SMILES string of the molecule is CCOc1ccc(C(CN)C2CCCCC2)cc1OCC. The van der Waals surface area contributed by atoms with Crippen molar-refractivity contribution < 1.29 is 9.47 Å². The van der Waals surface area contributed by atoms with E-state index in [1.165, 1.54) is 37.7 Å². The van der Waals surface area contributed by atoms with Crippen molar-refractivity contribution in [3.05, 3.63) is 23.8 Å². The molecule has 1 aromatic carbocycles. The minimum atomic E-state index is 0.445. The molecular formula is C18H29NO2. The van der Waals surface area contributed by atoms with E-state index in [1.54, 1.807) is 0 Å². The Bertz CT molecular complexity index is 427. The van der Waals surface area contributed by atoms with Gasteiger partial charge in [0.15, 0.2) is 11.5 Å². The maximum atomic E-state index is 6.08. The topological polar surface area (TPSA) is 44.5 Å². The monoisotopic (exact) mass is 291 g/mol. The third-order valence-electron chi connectivity index (χ3n) is 4.47. The lowest BCUT2D eigenvalue weighted by atomic mass is 9.77. The Morgan fingerprint density at radius 1 is 1.05 bits per heavy atom. The maximum absolute atomic E-state index is 6.08. The van der Waals surface area contributed by atoms with Gasteiger partial charge in [-0.3, -0.25) is 0 Å². The molecule has 0 saturated heterocycles. The smallest absolute Gasteiger partial charge is 0.161 e. The minimum Gasteiger partial charge on any atom is -0.490 e. The van der Waals surface area contributed by atoms with Crippen molar-refractivity contribution in [2.75, 3.05) is 19.8 Å². The van der Waals surface area contributed by atoms with E-state index >= 15 is 0 Å². The molecule has 1 saturated carbocycles. The molecule has 1 unspecified atom stereocenters. The van der Waals surface area contributed by atoms with Gasteiger partial charge >= 0.3 is 0 Å². The van der Waals surface area contributed by atoms with Gasteiger partial charge in [-0.05, 0) is 62.8 Å². The fourth-order valence-electron chi connectivity index (χ4n) is 3.44. The Morgan fingerprint density at radius 3 is 2.33 bits per heavy atom. The molecule has 2 rings (SSSR count). The van der Waals surface area contributed by atoms with Crippen molar-refractivity contribution in [2.45, 2.75) is 51.9 Å². The molecule has 0 amide bonds. The third-order valence-corrected chi connectivity index (χ3v) is 4.47. The second kappa shape index (κ2) is 8.28. The van der Waals surface area contributed by atoms with Gasteiger partial charge in [0.1, 0.15) is 0 Å². The molecule has 21 heavy (non-hydrogen) atoms. The normalized spacial score (nSPS) is 17.5. The van der Waals surface area contributed by atoms with Crippen molar-refractivity contribution in [2.24, 2.45) is 11.7 Å². The molecule has 1 aromatic rings. The van der Waals surface area contributed by atoms with Crippen LogP contribution in [0.4, 0.5) is 0 Å². The summed E-state index contributed by atoms with van der Waals surface area (Å²) >= 11 is 0. The average molecular weight is 291 g/mol.